The Morgan fingerprint density at radius 2 is 1.38 bits per heavy atom. The number of hydrogen-bond acceptors (Lipinski definition) is 9. The number of carbonyl (C=O) groups is 2. The fourth-order valence-corrected chi connectivity index (χ4v) is 6.92. The van der Waals surface area contributed by atoms with Crippen molar-refractivity contribution in [1.82, 2.24) is 10.2 Å². The van der Waals surface area contributed by atoms with Gasteiger partial charge in [0.05, 0.1) is 57.3 Å². The van der Waals surface area contributed by atoms with Gasteiger partial charge in [-0.05, 0) is 64.2 Å². The lowest BCUT2D eigenvalue weighted by atomic mass is 9.88. The zero-order valence-corrected chi connectivity index (χ0v) is 31.8. The van der Waals surface area contributed by atoms with E-state index in [1.807, 2.05) is 91.0 Å². The third-order valence-corrected chi connectivity index (χ3v) is 9.43. The highest BCUT2D eigenvalue weighted by molar-refractivity contribution is 5.73. The molecule has 2 aliphatic rings. The van der Waals surface area contributed by atoms with Crippen LogP contribution >= 0.6 is 0 Å². The van der Waals surface area contributed by atoms with E-state index in [9.17, 15) is 14.7 Å². The standard InChI is InChI=1S/C42H56N2O9/c1-29(45)43-37-35(23-22-34(46)33-27-51-42(5,6)44(33)40(47)53-41(2,3)4)52-36(28-48-24-30-16-10-7-11-17-30)38(49-25-31-18-12-8-13-19-31)39(37)50-26-32-20-14-9-15-21-32/h7-21,33-39,46H,22-28H2,1-6H3,(H,43,45)/t33-,34?,35-,36-,37-,38-,39-/m1/s1. The molecule has 2 aliphatic heterocycles. The van der Waals surface area contributed by atoms with Crippen molar-refractivity contribution in [3.63, 3.8) is 0 Å². The molecule has 2 heterocycles. The highest BCUT2D eigenvalue weighted by Gasteiger charge is 2.50. The lowest BCUT2D eigenvalue weighted by molar-refractivity contribution is -0.234. The summed E-state index contributed by atoms with van der Waals surface area (Å²) >= 11 is 0. The highest BCUT2D eigenvalue weighted by atomic mass is 16.6. The molecule has 3 aromatic rings. The van der Waals surface area contributed by atoms with Crippen molar-refractivity contribution in [1.29, 1.82) is 0 Å². The maximum absolute atomic E-state index is 13.3. The lowest BCUT2D eigenvalue weighted by Gasteiger charge is -2.47. The average molecular weight is 733 g/mol. The number of benzene rings is 3. The smallest absolute Gasteiger partial charge is 0.412 e. The van der Waals surface area contributed by atoms with Gasteiger partial charge in [0.15, 0.2) is 0 Å². The predicted octanol–water partition coefficient (Wildman–Crippen LogP) is 6.16. The summed E-state index contributed by atoms with van der Waals surface area (Å²) in [5, 5.41) is 14.8. The van der Waals surface area contributed by atoms with E-state index in [2.05, 4.69) is 5.32 Å². The Hall–Kier alpha value is -3.84. The van der Waals surface area contributed by atoms with Crippen LogP contribution in [0.4, 0.5) is 4.79 Å². The van der Waals surface area contributed by atoms with Crippen molar-refractivity contribution >= 4 is 12.0 Å². The Balaban J connectivity index is 1.41. The van der Waals surface area contributed by atoms with Gasteiger partial charge in [-0.2, -0.15) is 0 Å². The van der Waals surface area contributed by atoms with Crippen LogP contribution < -0.4 is 5.32 Å². The van der Waals surface area contributed by atoms with Crippen molar-refractivity contribution in [3.05, 3.63) is 108 Å². The molecule has 2 fully saturated rings. The minimum Gasteiger partial charge on any atom is -0.444 e. The Kier molecular flexibility index (Phi) is 14.1. The molecule has 11 heteroatoms. The second kappa shape index (κ2) is 18.5. The molecule has 0 radical (unpaired) electrons. The monoisotopic (exact) mass is 732 g/mol. The van der Waals surface area contributed by atoms with Gasteiger partial charge in [0, 0.05) is 6.92 Å². The summed E-state index contributed by atoms with van der Waals surface area (Å²) in [4.78, 5) is 27.6. The van der Waals surface area contributed by atoms with Gasteiger partial charge < -0.3 is 38.8 Å². The predicted molar refractivity (Wildman–Crippen MR) is 200 cm³/mol. The van der Waals surface area contributed by atoms with Gasteiger partial charge in [0.2, 0.25) is 5.91 Å². The molecule has 3 aromatic carbocycles. The number of nitrogens with one attached hydrogen (secondary N) is 1. The normalized spacial score (nSPS) is 24.8. The van der Waals surface area contributed by atoms with E-state index >= 15 is 0 Å². The molecular formula is C42H56N2O9. The molecule has 7 atom stereocenters. The quantitative estimate of drug-likeness (QED) is 0.189. The van der Waals surface area contributed by atoms with Gasteiger partial charge in [-0.15, -0.1) is 0 Å². The van der Waals surface area contributed by atoms with Crippen LogP contribution in [-0.4, -0.2) is 89.2 Å². The number of hydrogen-bond donors (Lipinski definition) is 2. The number of rotatable bonds is 15. The summed E-state index contributed by atoms with van der Waals surface area (Å²) in [6.45, 7) is 11.7. The largest absolute Gasteiger partial charge is 0.444 e. The van der Waals surface area contributed by atoms with Crippen LogP contribution in [0, 0.1) is 0 Å². The molecule has 2 N–H and O–H groups in total. The van der Waals surface area contributed by atoms with Gasteiger partial charge in [-0.3, -0.25) is 9.69 Å². The Morgan fingerprint density at radius 1 is 0.849 bits per heavy atom. The zero-order chi connectivity index (χ0) is 38.0. The summed E-state index contributed by atoms with van der Waals surface area (Å²) < 4.78 is 38.1. The van der Waals surface area contributed by atoms with Crippen LogP contribution in [0.2, 0.25) is 0 Å². The SMILES string of the molecule is CC(=O)N[C@H]1[C@@H](OCc2ccccc2)[C@H](OCc2ccccc2)[C@@H](COCc2ccccc2)O[C@@H]1CCC(O)[C@H]1COC(C)(C)N1C(=O)OC(C)(C)C. The zero-order valence-electron chi connectivity index (χ0n) is 31.8. The van der Waals surface area contributed by atoms with E-state index < -0.39 is 60.0 Å². The molecule has 0 aliphatic carbocycles. The van der Waals surface area contributed by atoms with Gasteiger partial charge in [0.25, 0.3) is 0 Å². The van der Waals surface area contributed by atoms with Gasteiger partial charge in [-0.25, -0.2) is 4.79 Å². The lowest BCUT2D eigenvalue weighted by Crippen LogP contribution is -2.65. The minimum atomic E-state index is -0.977. The van der Waals surface area contributed by atoms with E-state index in [1.54, 1.807) is 34.6 Å². The third kappa shape index (κ3) is 11.6. The van der Waals surface area contributed by atoms with Crippen molar-refractivity contribution in [3.8, 4) is 0 Å². The molecule has 2 amide bonds. The van der Waals surface area contributed by atoms with E-state index in [4.69, 9.17) is 28.4 Å². The Bertz CT molecular complexity index is 1570. The van der Waals surface area contributed by atoms with Crippen LogP contribution in [0.1, 0.15) is 71.1 Å². The fourth-order valence-electron chi connectivity index (χ4n) is 6.92. The molecule has 0 bridgehead atoms. The maximum atomic E-state index is 13.3. The molecular weight excluding hydrogens is 676 g/mol. The molecule has 11 nitrogen and oxygen atoms in total. The van der Waals surface area contributed by atoms with E-state index in [-0.39, 0.29) is 32.1 Å². The van der Waals surface area contributed by atoms with Crippen molar-refractivity contribution in [2.24, 2.45) is 0 Å². The number of aliphatic hydroxyl groups is 1. The van der Waals surface area contributed by atoms with Gasteiger partial charge in [-0.1, -0.05) is 91.0 Å². The fraction of sp³-hybridized carbons (Fsp3) is 0.524. The molecule has 288 valence electrons. The summed E-state index contributed by atoms with van der Waals surface area (Å²) in [5.41, 5.74) is 1.27. The Morgan fingerprint density at radius 3 is 1.91 bits per heavy atom. The molecule has 0 saturated carbocycles. The number of carbonyl (C=O) groups excluding carboxylic acids is 2. The van der Waals surface area contributed by atoms with Gasteiger partial charge >= 0.3 is 6.09 Å². The first-order valence-corrected chi connectivity index (χ1v) is 18.5. The second-order valence-corrected chi connectivity index (χ2v) is 15.3. The first kappa shape index (κ1) is 40.3. The molecule has 5 rings (SSSR count). The third-order valence-electron chi connectivity index (χ3n) is 9.43. The van der Waals surface area contributed by atoms with E-state index in [1.165, 1.54) is 11.8 Å². The van der Waals surface area contributed by atoms with Crippen molar-refractivity contribution in [2.75, 3.05) is 13.2 Å². The first-order chi connectivity index (χ1) is 25.3. The van der Waals surface area contributed by atoms with Gasteiger partial charge in [0.1, 0.15) is 29.6 Å². The van der Waals surface area contributed by atoms with E-state index in [0.29, 0.717) is 19.6 Å². The van der Waals surface area contributed by atoms with Crippen LogP contribution in [0.15, 0.2) is 91.0 Å². The number of ether oxygens (including phenoxy) is 6. The maximum Gasteiger partial charge on any atom is 0.412 e. The van der Waals surface area contributed by atoms with Crippen LogP contribution in [0.5, 0.6) is 0 Å². The van der Waals surface area contributed by atoms with Crippen LogP contribution in [-0.2, 0) is 53.0 Å². The second-order valence-electron chi connectivity index (χ2n) is 15.3. The Labute approximate surface area is 313 Å². The molecule has 1 unspecified atom stereocenters. The van der Waals surface area contributed by atoms with Crippen LogP contribution in [0.25, 0.3) is 0 Å². The summed E-state index contributed by atoms with van der Waals surface area (Å²) in [6, 6.07) is 28.3. The minimum absolute atomic E-state index is 0.141. The average Bonchev–Trinajstić information content (AvgIpc) is 3.45. The number of amides is 2. The highest BCUT2D eigenvalue weighted by Crippen LogP contribution is 2.34. The number of nitrogens with zero attached hydrogens (tertiary/aromatic N) is 1. The topological polar surface area (TPSA) is 125 Å². The van der Waals surface area contributed by atoms with Crippen molar-refractivity contribution < 1.29 is 43.1 Å². The molecule has 53 heavy (non-hydrogen) atoms. The van der Waals surface area contributed by atoms with E-state index in [0.717, 1.165) is 16.7 Å². The molecule has 0 aromatic heterocycles. The van der Waals surface area contributed by atoms with Crippen molar-refractivity contribution in [2.45, 2.75) is 128 Å². The first-order valence-electron chi connectivity index (χ1n) is 18.5. The summed E-state index contributed by atoms with van der Waals surface area (Å²) in [5.74, 6) is -0.250. The summed E-state index contributed by atoms with van der Waals surface area (Å²) in [6.07, 6.45) is -3.41. The molecule has 2 saturated heterocycles. The van der Waals surface area contributed by atoms with Crippen LogP contribution in [0.3, 0.4) is 0 Å². The molecule has 0 spiro atoms. The number of aliphatic hydroxyl groups excluding tert-OH is 1. The summed E-state index contributed by atoms with van der Waals surface area (Å²) in [7, 11) is 0.